The van der Waals surface area contributed by atoms with Gasteiger partial charge < -0.3 is 15.1 Å². The Morgan fingerprint density at radius 3 is 2.45 bits per heavy atom. The molecular weight excluding hydrogens is 250 g/mol. The van der Waals surface area contributed by atoms with Crippen LogP contribution in [0.25, 0.3) is 22.6 Å². The average Bonchev–Trinajstić information content (AvgIpc) is 2.83. The predicted octanol–water partition coefficient (Wildman–Crippen LogP) is 3.45. The van der Waals surface area contributed by atoms with Crippen molar-refractivity contribution < 1.29 is 4.42 Å². The van der Waals surface area contributed by atoms with Gasteiger partial charge in [0, 0.05) is 31.0 Å². The van der Waals surface area contributed by atoms with E-state index in [4.69, 9.17) is 10.2 Å². The van der Waals surface area contributed by atoms with E-state index in [0.717, 1.165) is 27.9 Å². The fourth-order valence-electron chi connectivity index (χ4n) is 2.25. The Hall–Kier alpha value is -2.49. The number of aromatic nitrogens is 1. The number of nitrogens with two attached hydrogens (primary N) is 1. The van der Waals surface area contributed by atoms with Crippen molar-refractivity contribution in [2.24, 2.45) is 0 Å². The number of benzene rings is 2. The van der Waals surface area contributed by atoms with Crippen molar-refractivity contribution in [3.63, 3.8) is 0 Å². The lowest BCUT2D eigenvalue weighted by molar-refractivity contribution is 0.617. The Labute approximate surface area is 117 Å². The van der Waals surface area contributed by atoms with Crippen LogP contribution in [0, 0.1) is 6.92 Å². The summed E-state index contributed by atoms with van der Waals surface area (Å²) in [5.41, 5.74) is 11.3. The summed E-state index contributed by atoms with van der Waals surface area (Å²) in [7, 11) is 4.03. The normalized spacial score (nSPS) is 10.9. The lowest BCUT2D eigenvalue weighted by Gasteiger charge is -2.11. The highest BCUT2D eigenvalue weighted by molar-refractivity contribution is 5.82. The predicted molar refractivity (Wildman–Crippen MR) is 82.9 cm³/mol. The summed E-state index contributed by atoms with van der Waals surface area (Å²) in [5, 5.41) is 0. The summed E-state index contributed by atoms with van der Waals surface area (Å²) in [5.74, 6) is 0.624. The zero-order valence-corrected chi connectivity index (χ0v) is 11.8. The molecule has 0 radical (unpaired) electrons. The Morgan fingerprint density at radius 1 is 1.10 bits per heavy atom. The monoisotopic (exact) mass is 267 g/mol. The molecule has 20 heavy (non-hydrogen) atoms. The molecule has 4 nitrogen and oxygen atoms in total. The van der Waals surface area contributed by atoms with Crippen molar-refractivity contribution in [2.45, 2.75) is 6.92 Å². The van der Waals surface area contributed by atoms with Gasteiger partial charge >= 0.3 is 0 Å². The van der Waals surface area contributed by atoms with Gasteiger partial charge in [-0.3, -0.25) is 0 Å². The lowest BCUT2D eigenvalue weighted by Crippen LogP contribution is -2.07. The van der Waals surface area contributed by atoms with Crippen molar-refractivity contribution in [1.82, 2.24) is 4.98 Å². The van der Waals surface area contributed by atoms with Crippen molar-refractivity contribution >= 4 is 22.5 Å². The van der Waals surface area contributed by atoms with Crippen LogP contribution in [0.1, 0.15) is 5.56 Å². The highest BCUT2D eigenvalue weighted by Crippen LogP contribution is 2.29. The molecule has 1 heterocycles. The molecule has 0 aliphatic rings. The fourth-order valence-corrected chi connectivity index (χ4v) is 2.25. The molecule has 0 saturated heterocycles. The maximum atomic E-state index is 5.86. The van der Waals surface area contributed by atoms with Crippen molar-refractivity contribution in [3.8, 4) is 11.5 Å². The summed E-state index contributed by atoms with van der Waals surface area (Å²) in [6, 6.07) is 11.9. The molecule has 0 aliphatic carbocycles. The topological polar surface area (TPSA) is 55.3 Å². The van der Waals surface area contributed by atoms with Gasteiger partial charge in [0.15, 0.2) is 5.58 Å². The van der Waals surface area contributed by atoms with E-state index in [-0.39, 0.29) is 0 Å². The molecular formula is C16H17N3O. The van der Waals surface area contributed by atoms with E-state index in [0.29, 0.717) is 11.6 Å². The molecule has 0 saturated carbocycles. The molecule has 2 aromatic carbocycles. The first-order chi connectivity index (χ1) is 9.54. The number of aryl methyl sites for hydroxylation is 1. The molecule has 2 N–H and O–H groups in total. The Bertz CT molecular complexity index is 757. The third kappa shape index (κ3) is 2.09. The van der Waals surface area contributed by atoms with Gasteiger partial charge in [-0.1, -0.05) is 0 Å². The molecule has 0 unspecified atom stereocenters. The maximum absolute atomic E-state index is 5.86. The van der Waals surface area contributed by atoms with Gasteiger partial charge in [0.1, 0.15) is 5.52 Å². The van der Waals surface area contributed by atoms with E-state index in [2.05, 4.69) is 9.88 Å². The number of anilines is 2. The van der Waals surface area contributed by atoms with E-state index < -0.39 is 0 Å². The van der Waals surface area contributed by atoms with Crippen LogP contribution in [0.2, 0.25) is 0 Å². The number of nitrogens with zero attached hydrogens (tertiary/aromatic N) is 2. The summed E-state index contributed by atoms with van der Waals surface area (Å²) in [6.07, 6.45) is 0. The molecule has 0 aliphatic heterocycles. The van der Waals surface area contributed by atoms with E-state index in [1.165, 1.54) is 0 Å². The van der Waals surface area contributed by atoms with E-state index >= 15 is 0 Å². The highest BCUT2D eigenvalue weighted by Gasteiger charge is 2.11. The van der Waals surface area contributed by atoms with Crippen molar-refractivity contribution in [3.05, 3.63) is 42.0 Å². The molecule has 3 rings (SSSR count). The van der Waals surface area contributed by atoms with Gasteiger partial charge in [-0.15, -0.1) is 0 Å². The number of hydrogen-bond acceptors (Lipinski definition) is 4. The van der Waals surface area contributed by atoms with Gasteiger partial charge in [-0.25, -0.2) is 4.98 Å². The second-order valence-electron chi connectivity index (χ2n) is 5.15. The maximum Gasteiger partial charge on any atom is 0.227 e. The first kappa shape index (κ1) is 12.5. The minimum Gasteiger partial charge on any atom is -0.436 e. The molecule has 0 fully saturated rings. The van der Waals surface area contributed by atoms with Gasteiger partial charge in [0.05, 0.1) is 0 Å². The molecule has 4 heteroatoms. The third-order valence-corrected chi connectivity index (χ3v) is 3.33. The Kier molecular flexibility index (Phi) is 2.86. The molecule has 0 atom stereocenters. The van der Waals surface area contributed by atoms with Gasteiger partial charge in [-0.2, -0.15) is 0 Å². The number of hydrogen-bond donors (Lipinski definition) is 1. The summed E-state index contributed by atoms with van der Waals surface area (Å²) < 4.78 is 5.86. The number of nitrogen functional groups attached to an aromatic ring is 1. The van der Waals surface area contributed by atoms with Crippen LogP contribution in [0.4, 0.5) is 11.4 Å². The largest absolute Gasteiger partial charge is 0.436 e. The second kappa shape index (κ2) is 4.56. The second-order valence-corrected chi connectivity index (χ2v) is 5.15. The van der Waals surface area contributed by atoms with E-state index in [1.807, 2.05) is 57.4 Å². The summed E-state index contributed by atoms with van der Waals surface area (Å²) >= 11 is 0. The minimum atomic E-state index is 0.624. The van der Waals surface area contributed by atoms with Crippen LogP contribution >= 0.6 is 0 Å². The molecule has 0 spiro atoms. The van der Waals surface area contributed by atoms with Crippen LogP contribution in [0.15, 0.2) is 40.8 Å². The fraction of sp³-hybridized carbons (Fsp3) is 0.188. The smallest absolute Gasteiger partial charge is 0.227 e. The van der Waals surface area contributed by atoms with Crippen LogP contribution in [-0.2, 0) is 0 Å². The lowest BCUT2D eigenvalue weighted by atomic mass is 10.2. The SMILES string of the molecule is Cc1cc(N)cc2nc(-c3ccc(N(C)C)cc3)oc12. The quantitative estimate of drug-likeness (QED) is 0.722. The number of fused-ring (bicyclic) bond motifs is 1. The van der Waals surface area contributed by atoms with Gasteiger partial charge in [0.2, 0.25) is 5.89 Å². The van der Waals surface area contributed by atoms with E-state index in [9.17, 15) is 0 Å². The first-order valence-corrected chi connectivity index (χ1v) is 6.49. The van der Waals surface area contributed by atoms with Crippen LogP contribution < -0.4 is 10.6 Å². The van der Waals surface area contributed by atoms with Crippen molar-refractivity contribution in [2.75, 3.05) is 24.7 Å². The molecule has 0 bridgehead atoms. The standard InChI is InChI=1S/C16H17N3O/c1-10-8-12(17)9-14-15(10)20-16(18-14)11-4-6-13(7-5-11)19(2)3/h4-9H,17H2,1-3H3. The first-order valence-electron chi connectivity index (χ1n) is 6.49. The molecule has 0 amide bonds. The molecule has 1 aromatic heterocycles. The molecule has 3 aromatic rings. The van der Waals surface area contributed by atoms with Gasteiger partial charge in [-0.05, 0) is 48.9 Å². The Balaban J connectivity index is 2.08. The molecule has 102 valence electrons. The average molecular weight is 267 g/mol. The highest BCUT2D eigenvalue weighted by atomic mass is 16.3. The van der Waals surface area contributed by atoms with Crippen molar-refractivity contribution in [1.29, 1.82) is 0 Å². The zero-order chi connectivity index (χ0) is 14.3. The van der Waals surface area contributed by atoms with Crippen LogP contribution in [0.5, 0.6) is 0 Å². The summed E-state index contributed by atoms with van der Waals surface area (Å²) in [6.45, 7) is 1.97. The number of oxazole rings is 1. The van der Waals surface area contributed by atoms with Crippen LogP contribution in [0.3, 0.4) is 0 Å². The number of rotatable bonds is 2. The third-order valence-electron chi connectivity index (χ3n) is 3.33. The Morgan fingerprint density at radius 2 is 1.80 bits per heavy atom. The van der Waals surface area contributed by atoms with Gasteiger partial charge in [0.25, 0.3) is 0 Å². The summed E-state index contributed by atoms with van der Waals surface area (Å²) in [4.78, 5) is 6.58. The van der Waals surface area contributed by atoms with E-state index in [1.54, 1.807) is 0 Å². The minimum absolute atomic E-state index is 0.624. The zero-order valence-electron chi connectivity index (χ0n) is 11.8. The van der Waals surface area contributed by atoms with Crippen LogP contribution in [-0.4, -0.2) is 19.1 Å².